The number of piperazine rings is 1. The lowest BCUT2D eigenvalue weighted by Crippen LogP contribution is -2.54. The Kier molecular flexibility index (Phi) is 4.77. The van der Waals surface area contributed by atoms with Crippen LogP contribution in [-0.2, 0) is 4.79 Å². The highest BCUT2D eigenvalue weighted by molar-refractivity contribution is 6.10. The smallest absolute Gasteiger partial charge is 0.259 e. The fourth-order valence-corrected chi connectivity index (χ4v) is 3.90. The van der Waals surface area contributed by atoms with Crippen LogP contribution in [-0.4, -0.2) is 58.8 Å². The Labute approximate surface area is 169 Å². The van der Waals surface area contributed by atoms with E-state index in [1.54, 1.807) is 36.2 Å². The van der Waals surface area contributed by atoms with Crippen molar-refractivity contribution >= 4 is 23.3 Å². The zero-order chi connectivity index (χ0) is 20.5. The summed E-state index contributed by atoms with van der Waals surface area (Å²) < 4.78 is 0. The molecule has 0 N–H and O–H groups in total. The molecule has 3 heterocycles. The molecule has 146 valence electrons. The largest absolute Gasteiger partial charge is 0.353 e. The van der Waals surface area contributed by atoms with Gasteiger partial charge in [0.15, 0.2) is 0 Å². The number of hydrogen-bond acceptors (Lipinski definition) is 5. The molecule has 1 aromatic carbocycles. The molecule has 1 saturated heterocycles. The molecule has 0 saturated carbocycles. The lowest BCUT2D eigenvalue weighted by molar-refractivity contribution is -0.134. The summed E-state index contributed by atoms with van der Waals surface area (Å²) in [6.45, 7) is 8.09. The molecule has 0 bridgehead atoms. The SMILES string of the molecule is C=C1c2ccccc2C(=O)N1[C@H](C)C(=O)N1CCN(c2cc(C#N)ccn2)CC1. The van der Waals surface area contributed by atoms with Crippen LogP contribution in [0.25, 0.3) is 5.70 Å². The van der Waals surface area contributed by atoms with Gasteiger partial charge in [0.05, 0.1) is 11.6 Å². The molecule has 0 unspecified atom stereocenters. The van der Waals surface area contributed by atoms with Gasteiger partial charge in [-0.05, 0) is 25.1 Å². The molecule has 2 amide bonds. The first kappa shape index (κ1) is 18.7. The van der Waals surface area contributed by atoms with Crippen molar-refractivity contribution in [3.05, 3.63) is 65.9 Å². The first-order chi connectivity index (χ1) is 14.0. The first-order valence-electron chi connectivity index (χ1n) is 9.53. The Balaban J connectivity index is 1.43. The Morgan fingerprint density at radius 1 is 1.17 bits per heavy atom. The third-order valence-corrected chi connectivity index (χ3v) is 5.51. The molecule has 1 fully saturated rings. The second kappa shape index (κ2) is 7.40. The van der Waals surface area contributed by atoms with Crippen LogP contribution in [0.2, 0.25) is 0 Å². The molecule has 2 aromatic rings. The van der Waals surface area contributed by atoms with E-state index in [0.717, 1.165) is 11.4 Å². The third-order valence-electron chi connectivity index (χ3n) is 5.51. The third kappa shape index (κ3) is 3.23. The number of nitrogens with zero attached hydrogens (tertiary/aromatic N) is 5. The summed E-state index contributed by atoms with van der Waals surface area (Å²) in [6.07, 6.45) is 1.62. The van der Waals surface area contributed by atoms with Crippen LogP contribution in [0.5, 0.6) is 0 Å². The van der Waals surface area contributed by atoms with E-state index in [0.29, 0.717) is 43.0 Å². The molecule has 2 aliphatic heterocycles. The first-order valence-corrected chi connectivity index (χ1v) is 9.53. The number of aromatic nitrogens is 1. The van der Waals surface area contributed by atoms with Crippen molar-refractivity contribution in [3.63, 3.8) is 0 Å². The van der Waals surface area contributed by atoms with Crippen LogP contribution >= 0.6 is 0 Å². The van der Waals surface area contributed by atoms with Gasteiger partial charge in [-0.1, -0.05) is 24.8 Å². The second-order valence-electron chi connectivity index (χ2n) is 7.17. The van der Waals surface area contributed by atoms with E-state index in [9.17, 15) is 9.59 Å². The summed E-state index contributed by atoms with van der Waals surface area (Å²) in [4.78, 5) is 35.5. The van der Waals surface area contributed by atoms with Gasteiger partial charge in [-0.25, -0.2) is 4.98 Å². The predicted molar refractivity (Wildman–Crippen MR) is 109 cm³/mol. The van der Waals surface area contributed by atoms with E-state index in [1.807, 2.05) is 18.2 Å². The van der Waals surface area contributed by atoms with Crippen molar-refractivity contribution in [2.45, 2.75) is 13.0 Å². The number of carbonyl (C=O) groups is 2. The minimum Gasteiger partial charge on any atom is -0.353 e. The molecular weight excluding hydrogens is 366 g/mol. The summed E-state index contributed by atoms with van der Waals surface area (Å²) >= 11 is 0. The molecule has 7 heteroatoms. The average Bonchev–Trinajstić information content (AvgIpc) is 3.03. The molecule has 2 aliphatic rings. The fourth-order valence-electron chi connectivity index (χ4n) is 3.90. The monoisotopic (exact) mass is 387 g/mol. The predicted octanol–water partition coefficient (Wildman–Crippen LogP) is 2.12. The van der Waals surface area contributed by atoms with Crippen LogP contribution in [0.1, 0.15) is 28.4 Å². The normalized spacial score (nSPS) is 17.2. The van der Waals surface area contributed by atoms with Gasteiger partial charge in [0.1, 0.15) is 11.9 Å². The summed E-state index contributed by atoms with van der Waals surface area (Å²) in [7, 11) is 0. The van der Waals surface area contributed by atoms with Crippen LogP contribution in [0, 0.1) is 11.3 Å². The van der Waals surface area contributed by atoms with Gasteiger partial charge < -0.3 is 9.80 Å². The molecule has 0 aliphatic carbocycles. The van der Waals surface area contributed by atoms with Gasteiger partial charge in [0.2, 0.25) is 5.91 Å². The van der Waals surface area contributed by atoms with E-state index in [1.165, 1.54) is 4.90 Å². The molecule has 4 rings (SSSR count). The lowest BCUT2D eigenvalue weighted by atomic mass is 10.1. The van der Waals surface area contributed by atoms with Crippen molar-refractivity contribution in [1.82, 2.24) is 14.8 Å². The number of amides is 2. The molecule has 7 nitrogen and oxygen atoms in total. The Morgan fingerprint density at radius 2 is 1.86 bits per heavy atom. The van der Waals surface area contributed by atoms with Crippen LogP contribution in [0.4, 0.5) is 5.82 Å². The zero-order valence-electron chi connectivity index (χ0n) is 16.2. The highest BCUT2D eigenvalue weighted by Gasteiger charge is 2.38. The minimum absolute atomic E-state index is 0.0920. The number of fused-ring (bicyclic) bond motifs is 1. The zero-order valence-corrected chi connectivity index (χ0v) is 16.2. The highest BCUT2D eigenvalue weighted by atomic mass is 16.2. The maximum Gasteiger partial charge on any atom is 0.259 e. The summed E-state index contributed by atoms with van der Waals surface area (Å²) in [5, 5.41) is 9.06. The fraction of sp³-hybridized carbons (Fsp3) is 0.273. The van der Waals surface area contributed by atoms with Gasteiger partial charge in [-0.3, -0.25) is 14.5 Å². The number of nitriles is 1. The maximum absolute atomic E-state index is 13.1. The van der Waals surface area contributed by atoms with Crippen molar-refractivity contribution in [1.29, 1.82) is 5.26 Å². The van der Waals surface area contributed by atoms with Crippen LogP contribution in [0.15, 0.2) is 49.2 Å². The van der Waals surface area contributed by atoms with E-state index in [2.05, 4.69) is 22.5 Å². The van der Waals surface area contributed by atoms with Gasteiger partial charge in [0.25, 0.3) is 5.91 Å². The van der Waals surface area contributed by atoms with Crippen molar-refractivity contribution < 1.29 is 9.59 Å². The molecule has 29 heavy (non-hydrogen) atoms. The topological polar surface area (TPSA) is 80.5 Å². The van der Waals surface area contributed by atoms with Crippen LogP contribution < -0.4 is 4.90 Å². The summed E-state index contributed by atoms with van der Waals surface area (Å²) in [5.74, 6) is 0.469. The molecular formula is C22H21N5O2. The molecule has 1 atom stereocenters. The minimum atomic E-state index is -0.617. The van der Waals surface area contributed by atoms with Gasteiger partial charge in [0, 0.05) is 49.2 Å². The summed E-state index contributed by atoms with van der Waals surface area (Å²) in [6, 6.07) is 12.2. The van der Waals surface area contributed by atoms with Crippen molar-refractivity contribution in [2.24, 2.45) is 0 Å². The maximum atomic E-state index is 13.1. The number of pyridine rings is 1. The number of rotatable bonds is 3. The van der Waals surface area contributed by atoms with E-state index < -0.39 is 6.04 Å². The number of anilines is 1. The summed E-state index contributed by atoms with van der Waals surface area (Å²) in [5.41, 5.74) is 2.51. The van der Waals surface area contributed by atoms with E-state index >= 15 is 0 Å². The quantitative estimate of drug-likeness (QED) is 0.806. The Hall–Kier alpha value is -3.66. The standard InChI is InChI=1S/C22H21N5O2/c1-15-18-5-3-4-6-19(18)22(29)27(15)16(2)21(28)26-11-9-25(10-12-26)20-13-17(14-23)7-8-24-20/h3-8,13,16H,1,9-12H2,2H3/t16-/m1/s1. The Morgan fingerprint density at radius 3 is 2.52 bits per heavy atom. The molecule has 0 radical (unpaired) electrons. The number of benzene rings is 1. The lowest BCUT2D eigenvalue weighted by Gasteiger charge is -2.38. The number of hydrogen-bond donors (Lipinski definition) is 0. The van der Waals surface area contributed by atoms with Crippen LogP contribution in [0.3, 0.4) is 0 Å². The van der Waals surface area contributed by atoms with Crippen molar-refractivity contribution in [3.8, 4) is 6.07 Å². The van der Waals surface area contributed by atoms with Crippen molar-refractivity contribution in [2.75, 3.05) is 31.1 Å². The van der Waals surface area contributed by atoms with Gasteiger partial charge >= 0.3 is 0 Å². The van der Waals surface area contributed by atoms with Gasteiger partial charge in [-0.2, -0.15) is 5.26 Å². The average molecular weight is 387 g/mol. The molecule has 0 spiro atoms. The number of carbonyl (C=O) groups excluding carboxylic acids is 2. The van der Waals surface area contributed by atoms with Gasteiger partial charge in [-0.15, -0.1) is 0 Å². The second-order valence-corrected chi connectivity index (χ2v) is 7.17. The molecule has 1 aromatic heterocycles. The van der Waals surface area contributed by atoms with E-state index in [-0.39, 0.29) is 11.8 Å². The highest BCUT2D eigenvalue weighted by Crippen LogP contribution is 2.33. The van der Waals surface area contributed by atoms with E-state index in [4.69, 9.17) is 5.26 Å². The Bertz CT molecular complexity index is 998.